The Morgan fingerprint density at radius 2 is 1.88 bits per heavy atom. The van der Waals surface area contributed by atoms with Crippen molar-refractivity contribution in [3.8, 4) is 0 Å². The van der Waals surface area contributed by atoms with Crippen LogP contribution < -0.4 is 5.32 Å². The number of benzene rings is 2. The van der Waals surface area contributed by atoms with Gasteiger partial charge in [-0.15, -0.1) is 0 Å². The minimum absolute atomic E-state index is 0.0702. The Balaban J connectivity index is 2.40. The van der Waals surface area contributed by atoms with E-state index in [1.54, 1.807) is 13.3 Å². The van der Waals surface area contributed by atoms with Crippen LogP contribution in [0.15, 0.2) is 35.3 Å². The second-order valence-corrected chi connectivity index (χ2v) is 6.20. The van der Waals surface area contributed by atoms with Gasteiger partial charge < -0.3 is 10.2 Å². The summed E-state index contributed by atoms with van der Waals surface area (Å²) in [5.41, 5.74) is 0.516. The van der Waals surface area contributed by atoms with Crippen molar-refractivity contribution in [2.24, 2.45) is 4.99 Å². The van der Waals surface area contributed by atoms with E-state index in [-0.39, 0.29) is 10.7 Å². The molecule has 140 valence electrons. The molecule has 2 aromatic carbocycles. The smallest absolute Gasteiger partial charge is 0.366 e. The van der Waals surface area contributed by atoms with Gasteiger partial charge in [0.25, 0.3) is 0 Å². The SMILES string of the molecule is CCN(C)C=Nc1cc(F)cc(Nc2cc(Cl)cc(C(F)(F)F)c2)c1C. The largest absolute Gasteiger partial charge is 0.416 e. The van der Waals surface area contributed by atoms with E-state index >= 15 is 0 Å². The molecule has 0 unspecified atom stereocenters. The maximum atomic E-state index is 13.9. The highest BCUT2D eigenvalue weighted by atomic mass is 35.5. The Bertz CT molecular complexity index is 819. The zero-order chi connectivity index (χ0) is 19.5. The highest BCUT2D eigenvalue weighted by Gasteiger charge is 2.31. The summed E-state index contributed by atoms with van der Waals surface area (Å²) in [6.07, 6.45) is -2.97. The summed E-state index contributed by atoms with van der Waals surface area (Å²) in [6, 6.07) is 5.56. The maximum Gasteiger partial charge on any atom is 0.416 e. The summed E-state index contributed by atoms with van der Waals surface area (Å²) in [5, 5.41) is 2.73. The fourth-order valence-electron chi connectivity index (χ4n) is 2.15. The molecule has 0 aliphatic heterocycles. The summed E-state index contributed by atoms with van der Waals surface area (Å²) in [6.45, 7) is 4.37. The van der Waals surface area contributed by atoms with E-state index in [4.69, 9.17) is 11.6 Å². The van der Waals surface area contributed by atoms with Gasteiger partial charge >= 0.3 is 6.18 Å². The molecule has 0 heterocycles. The van der Waals surface area contributed by atoms with Gasteiger partial charge in [-0.2, -0.15) is 13.2 Å². The molecule has 8 heteroatoms. The number of hydrogen-bond acceptors (Lipinski definition) is 2. The van der Waals surface area contributed by atoms with Gasteiger partial charge in [0.2, 0.25) is 0 Å². The fourth-order valence-corrected chi connectivity index (χ4v) is 2.39. The van der Waals surface area contributed by atoms with E-state index in [1.807, 2.05) is 18.9 Å². The van der Waals surface area contributed by atoms with Gasteiger partial charge in [-0.1, -0.05) is 11.6 Å². The van der Waals surface area contributed by atoms with E-state index in [0.717, 1.165) is 18.7 Å². The van der Waals surface area contributed by atoms with Crippen LogP contribution in [-0.4, -0.2) is 24.8 Å². The molecule has 0 amide bonds. The average molecular weight is 388 g/mol. The molecule has 0 aliphatic rings. The van der Waals surface area contributed by atoms with Crippen LogP contribution in [0.25, 0.3) is 0 Å². The minimum atomic E-state index is -4.53. The number of aliphatic imine (C=N–C) groups is 1. The van der Waals surface area contributed by atoms with Crippen molar-refractivity contribution in [1.82, 2.24) is 4.90 Å². The first-order valence-corrected chi connectivity index (χ1v) is 8.17. The van der Waals surface area contributed by atoms with Crippen LogP contribution in [0.3, 0.4) is 0 Å². The number of nitrogens with one attached hydrogen (secondary N) is 1. The van der Waals surface area contributed by atoms with Crippen molar-refractivity contribution >= 4 is 35.0 Å². The number of alkyl halides is 3. The molecule has 0 atom stereocenters. The lowest BCUT2D eigenvalue weighted by Gasteiger charge is -2.15. The summed E-state index contributed by atoms with van der Waals surface area (Å²) in [5.74, 6) is -0.553. The molecule has 0 fully saturated rings. The molecule has 0 aromatic heterocycles. The first-order valence-electron chi connectivity index (χ1n) is 7.79. The van der Waals surface area contributed by atoms with Gasteiger partial charge in [0, 0.05) is 30.0 Å². The number of anilines is 2. The lowest BCUT2D eigenvalue weighted by atomic mass is 10.1. The zero-order valence-electron chi connectivity index (χ0n) is 14.5. The predicted molar refractivity (Wildman–Crippen MR) is 97.3 cm³/mol. The Morgan fingerprint density at radius 3 is 2.50 bits per heavy atom. The Hall–Kier alpha value is -2.28. The molecule has 1 N–H and O–H groups in total. The van der Waals surface area contributed by atoms with Gasteiger partial charge in [0.15, 0.2) is 0 Å². The first-order chi connectivity index (χ1) is 12.1. The standard InChI is InChI=1S/C18H18ClF4N3/c1-4-26(3)10-24-16-8-14(20)9-17(11(16)2)25-15-6-12(18(21,22)23)5-13(19)7-15/h5-10,25H,4H2,1-3H3. The van der Waals surface area contributed by atoms with Crippen LogP contribution in [0.2, 0.25) is 5.02 Å². The van der Waals surface area contributed by atoms with E-state index in [1.165, 1.54) is 18.2 Å². The molecular formula is C18H18ClF4N3. The summed E-state index contributed by atoms with van der Waals surface area (Å²) >= 11 is 5.78. The monoisotopic (exact) mass is 387 g/mol. The van der Waals surface area contributed by atoms with E-state index in [2.05, 4.69) is 10.3 Å². The van der Waals surface area contributed by atoms with Crippen LogP contribution in [0.5, 0.6) is 0 Å². The van der Waals surface area contributed by atoms with E-state index in [0.29, 0.717) is 16.9 Å². The normalized spacial score (nSPS) is 11.8. The minimum Gasteiger partial charge on any atom is -0.366 e. The van der Waals surface area contributed by atoms with Gasteiger partial charge in [-0.25, -0.2) is 9.38 Å². The van der Waals surface area contributed by atoms with Crippen molar-refractivity contribution in [1.29, 1.82) is 0 Å². The molecule has 0 saturated heterocycles. The molecule has 26 heavy (non-hydrogen) atoms. The van der Waals surface area contributed by atoms with Crippen molar-refractivity contribution in [2.75, 3.05) is 18.9 Å². The van der Waals surface area contributed by atoms with E-state index in [9.17, 15) is 17.6 Å². The molecule has 0 radical (unpaired) electrons. The lowest BCUT2D eigenvalue weighted by molar-refractivity contribution is -0.137. The third-order valence-corrected chi connectivity index (χ3v) is 3.96. The molecule has 0 spiro atoms. The predicted octanol–water partition coefficient (Wildman–Crippen LogP) is 6.16. The molecule has 0 bridgehead atoms. The summed E-state index contributed by atoms with van der Waals surface area (Å²) < 4.78 is 52.7. The van der Waals surface area contributed by atoms with Gasteiger partial charge in [-0.3, -0.25) is 0 Å². The maximum absolute atomic E-state index is 13.9. The van der Waals surface area contributed by atoms with Crippen LogP contribution in [0.1, 0.15) is 18.1 Å². The summed E-state index contributed by atoms with van der Waals surface area (Å²) in [7, 11) is 1.82. The molecule has 0 saturated carbocycles. The number of halogens is 5. The highest BCUT2D eigenvalue weighted by Crippen LogP contribution is 2.35. The molecule has 2 aromatic rings. The van der Waals surface area contributed by atoms with Gasteiger partial charge in [0.05, 0.1) is 17.6 Å². The first kappa shape index (κ1) is 20.0. The van der Waals surface area contributed by atoms with Crippen LogP contribution in [0.4, 0.5) is 34.6 Å². The van der Waals surface area contributed by atoms with Crippen LogP contribution in [-0.2, 0) is 6.18 Å². The molecule has 0 aliphatic carbocycles. The third-order valence-electron chi connectivity index (χ3n) is 3.74. The average Bonchev–Trinajstić information content (AvgIpc) is 2.54. The summed E-state index contributed by atoms with van der Waals surface area (Å²) in [4.78, 5) is 6.04. The Morgan fingerprint density at radius 1 is 1.19 bits per heavy atom. The van der Waals surface area contributed by atoms with Gasteiger partial charge in [0.1, 0.15) is 5.82 Å². The van der Waals surface area contributed by atoms with Crippen molar-refractivity contribution in [3.63, 3.8) is 0 Å². The van der Waals surface area contributed by atoms with Crippen molar-refractivity contribution in [2.45, 2.75) is 20.0 Å². The highest BCUT2D eigenvalue weighted by molar-refractivity contribution is 6.31. The zero-order valence-corrected chi connectivity index (χ0v) is 15.2. The van der Waals surface area contributed by atoms with Crippen molar-refractivity contribution < 1.29 is 17.6 Å². The second kappa shape index (κ2) is 7.95. The van der Waals surface area contributed by atoms with Crippen LogP contribution in [0, 0.1) is 12.7 Å². The quantitative estimate of drug-likeness (QED) is 0.378. The van der Waals surface area contributed by atoms with Crippen LogP contribution >= 0.6 is 11.6 Å². The lowest BCUT2D eigenvalue weighted by Crippen LogP contribution is -2.14. The Kier molecular flexibility index (Phi) is 6.13. The third kappa shape index (κ3) is 5.11. The topological polar surface area (TPSA) is 27.6 Å². The molecule has 3 nitrogen and oxygen atoms in total. The molecule has 2 rings (SSSR count). The number of hydrogen-bond donors (Lipinski definition) is 1. The van der Waals surface area contributed by atoms with E-state index < -0.39 is 17.6 Å². The fraction of sp³-hybridized carbons (Fsp3) is 0.278. The second-order valence-electron chi connectivity index (χ2n) is 5.77. The number of rotatable bonds is 5. The molecular weight excluding hydrogens is 370 g/mol. The number of nitrogens with zero attached hydrogens (tertiary/aromatic N) is 2. The van der Waals surface area contributed by atoms with Gasteiger partial charge in [-0.05, 0) is 49.7 Å². The van der Waals surface area contributed by atoms with Crippen molar-refractivity contribution in [3.05, 3.63) is 52.3 Å². The Labute approximate surface area is 154 Å².